The molecule has 4 aliphatic carbocycles. The number of nitrogens with zero attached hydrogens (tertiary/aromatic N) is 1. The average molecular weight is 678 g/mol. The van der Waals surface area contributed by atoms with Gasteiger partial charge in [-0.1, -0.05) is 26.0 Å². The molecule has 0 saturated heterocycles. The molecule has 252 valence electrons. The Balaban J connectivity index is 1.35. The summed E-state index contributed by atoms with van der Waals surface area (Å²) in [6.45, 7) is 4.20. The van der Waals surface area contributed by atoms with E-state index in [2.05, 4.69) is 0 Å². The summed E-state index contributed by atoms with van der Waals surface area (Å²) in [6.07, 6.45) is 1.70. The minimum Gasteiger partial charge on any atom is -0.457 e. The number of benzene rings is 2. The van der Waals surface area contributed by atoms with E-state index in [4.69, 9.17) is 14.2 Å². The molecular formula is C37H37F2NO7S. The van der Waals surface area contributed by atoms with E-state index in [1.165, 1.54) is 31.2 Å². The third-order valence-corrected chi connectivity index (χ3v) is 12.1. The maximum Gasteiger partial charge on any atom is 0.352 e. The second kappa shape index (κ2) is 12.1. The number of hydrogen-bond acceptors (Lipinski definition) is 9. The number of aliphatic hydroxyl groups is 1. The molecule has 2 aromatic carbocycles. The Morgan fingerprint density at radius 2 is 1.83 bits per heavy atom. The predicted molar refractivity (Wildman–Crippen MR) is 173 cm³/mol. The third-order valence-electron chi connectivity index (χ3n) is 11.4. The summed E-state index contributed by atoms with van der Waals surface area (Å²) in [7, 11) is 0. The van der Waals surface area contributed by atoms with E-state index in [1.54, 1.807) is 49.9 Å². The number of nitriles is 1. The van der Waals surface area contributed by atoms with Gasteiger partial charge < -0.3 is 19.3 Å². The molecule has 4 aliphatic rings. The van der Waals surface area contributed by atoms with Gasteiger partial charge >= 0.3 is 11.9 Å². The van der Waals surface area contributed by atoms with Crippen LogP contribution in [0.2, 0.25) is 0 Å². The molecule has 6 rings (SSSR count). The number of rotatable bonds is 7. The molecule has 48 heavy (non-hydrogen) atoms. The highest BCUT2D eigenvalue weighted by Crippen LogP contribution is 2.71. The van der Waals surface area contributed by atoms with Crippen molar-refractivity contribution in [1.82, 2.24) is 0 Å². The number of fused-ring (bicyclic) bond motifs is 5. The molecule has 9 atom stereocenters. The smallest absolute Gasteiger partial charge is 0.352 e. The zero-order valence-electron chi connectivity index (χ0n) is 27.1. The molecule has 0 heterocycles. The van der Waals surface area contributed by atoms with E-state index in [9.17, 15) is 24.8 Å². The van der Waals surface area contributed by atoms with E-state index < -0.39 is 76.5 Å². The van der Waals surface area contributed by atoms with Crippen molar-refractivity contribution in [3.63, 3.8) is 0 Å². The highest BCUT2D eigenvalue weighted by Gasteiger charge is 2.78. The lowest BCUT2D eigenvalue weighted by atomic mass is 9.44. The van der Waals surface area contributed by atoms with E-state index >= 15 is 8.78 Å². The minimum absolute atomic E-state index is 0.0158. The molecular weight excluding hydrogens is 640 g/mol. The topological polar surface area (TPSA) is 123 Å². The first-order valence-electron chi connectivity index (χ1n) is 15.9. The zero-order valence-corrected chi connectivity index (χ0v) is 27.9. The Morgan fingerprint density at radius 1 is 1.10 bits per heavy atom. The number of carbonyl (C=O) groups is 3. The number of esters is 2. The number of thioether (sulfide) groups is 1. The lowest BCUT2D eigenvalue weighted by Crippen LogP contribution is -2.71. The van der Waals surface area contributed by atoms with Crippen molar-refractivity contribution in [2.24, 2.45) is 28.6 Å². The number of hydrogen-bond donors (Lipinski definition) is 1. The van der Waals surface area contributed by atoms with Gasteiger partial charge in [0.25, 0.3) is 0 Å². The molecule has 3 fully saturated rings. The van der Waals surface area contributed by atoms with E-state index in [1.807, 2.05) is 24.5 Å². The lowest BCUT2D eigenvalue weighted by molar-refractivity contribution is -0.230. The number of carbonyl (C=O) groups excluding carboxylic acids is 3. The fourth-order valence-electron chi connectivity index (χ4n) is 9.09. The molecule has 0 bridgehead atoms. The van der Waals surface area contributed by atoms with Crippen LogP contribution < -0.4 is 4.74 Å². The summed E-state index contributed by atoms with van der Waals surface area (Å²) in [5, 5.41) is 21.0. The molecule has 0 spiro atoms. The summed E-state index contributed by atoms with van der Waals surface area (Å²) in [6, 6.07) is 15.4. The van der Waals surface area contributed by atoms with E-state index in [-0.39, 0.29) is 30.4 Å². The summed E-state index contributed by atoms with van der Waals surface area (Å²) >= 11 is 1.57. The minimum atomic E-state index is -2.38. The fourth-order valence-corrected chi connectivity index (χ4v) is 9.54. The van der Waals surface area contributed by atoms with Crippen LogP contribution in [0.3, 0.4) is 0 Å². The van der Waals surface area contributed by atoms with Gasteiger partial charge in [0.2, 0.25) is 5.60 Å². The van der Waals surface area contributed by atoms with Crippen LogP contribution in [-0.4, -0.2) is 59.2 Å². The summed E-state index contributed by atoms with van der Waals surface area (Å²) in [5.74, 6) is -3.82. The van der Waals surface area contributed by atoms with Crippen LogP contribution in [0.15, 0.2) is 77.2 Å². The molecule has 0 amide bonds. The summed E-state index contributed by atoms with van der Waals surface area (Å²) < 4.78 is 51.1. The number of ketones is 1. The highest BCUT2D eigenvalue weighted by molar-refractivity contribution is 7.98. The van der Waals surface area contributed by atoms with Gasteiger partial charge in [0.15, 0.2) is 18.1 Å². The van der Waals surface area contributed by atoms with E-state index in [0.717, 1.165) is 11.0 Å². The SMILES string of the molecule is CSc1cccc(Oc2ccc(C(=O)O[C@@]3(C(=O)OCC#N)[C@H](C)C[C@H]4[C@@H]5C[C@H](F)C6=CC(=O)C=C[C@]6(C)C5(F)[C@@H](O)C[C@@]43C)cc2)c1. The van der Waals surface area contributed by atoms with Crippen LogP contribution in [0, 0.1) is 39.9 Å². The average Bonchev–Trinajstić information content (AvgIpc) is 3.28. The Morgan fingerprint density at radius 3 is 2.52 bits per heavy atom. The molecule has 1 N–H and O–H groups in total. The van der Waals surface area contributed by atoms with Gasteiger partial charge in [0.1, 0.15) is 23.7 Å². The molecule has 0 radical (unpaired) electrons. The normalized spacial score (nSPS) is 36.5. The monoisotopic (exact) mass is 677 g/mol. The molecule has 0 aromatic heterocycles. The third kappa shape index (κ3) is 4.90. The first kappa shape index (κ1) is 33.9. The van der Waals surface area contributed by atoms with Crippen LogP contribution in [0.4, 0.5) is 8.78 Å². The molecule has 0 aliphatic heterocycles. The van der Waals surface area contributed by atoms with Crippen molar-refractivity contribution < 1.29 is 42.5 Å². The molecule has 2 aromatic rings. The number of allylic oxidation sites excluding steroid dienone is 4. The van der Waals surface area contributed by atoms with Gasteiger partial charge in [0, 0.05) is 27.6 Å². The summed E-state index contributed by atoms with van der Waals surface area (Å²) in [5.41, 5.74) is -7.36. The van der Waals surface area contributed by atoms with Crippen molar-refractivity contribution in [1.29, 1.82) is 5.26 Å². The van der Waals surface area contributed by atoms with Gasteiger partial charge in [-0.05, 0) is 98.5 Å². The number of halogens is 2. The molecule has 11 heteroatoms. The zero-order chi connectivity index (χ0) is 34.6. The molecule has 3 saturated carbocycles. The maximum absolute atomic E-state index is 17.7. The lowest BCUT2D eigenvalue weighted by Gasteiger charge is -2.63. The van der Waals surface area contributed by atoms with Gasteiger partial charge in [-0.3, -0.25) is 4.79 Å². The van der Waals surface area contributed by atoms with Crippen LogP contribution >= 0.6 is 11.8 Å². The van der Waals surface area contributed by atoms with Crippen molar-refractivity contribution in [2.45, 2.75) is 68.5 Å². The largest absolute Gasteiger partial charge is 0.457 e. The van der Waals surface area contributed by atoms with Gasteiger partial charge in [-0.25, -0.2) is 18.4 Å². The van der Waals surface area contributed by atoms with Crippen molar-refractivity contribution in [2.75, 3.05) is 12.9 Å². The number of aliphatic hydroxyl groups excluding tert-OH is 1. The van der Waals surface area contributed by atoms with E-state index in [0.29, 0.717) is 11.5 Å². The Hall–Kier alpha value is -4.01. The fraction of sp³-hybridized carbons (Fsp3) is 0.459. The standard InChI is InChI=1S/C37H37F2NO7S/c1-21-16-27-28-19-30(38)29-17-23(41)12-13-34(29,2)36(28,39)31(42)20-35(27,3)37(21,33(44)45-15-14-40)47-32(43)22-8-10-24(11-9-22)46-25-6-5-7-26(18-25)48-4/h5-13,17-18,21,27-28,30-31,42H,15-16,19-20H2,1-4H3/t21-,27+,28+,30+,31+,34+,35+,36?,37-/m1/s1. The van der Waals surface area contributed by atoms with Gasteiger partial charge in [0.05, 0.1) is 11.7 Å². The van der Waals surface area contributed by atoms with Crippen LogP contribution in [-0.2, 0) is 19.1 Å². The Labute approximate surface area is 282 Å². The summed E-state index contributed by atoms with van der Waals surface area (Å²) in [4.78, 5) is 41.1. The second-order valence-electron chi connectivity index (χ2n) is 13.7. The Bertz CT molecular complexity index is 1760. The highest BCUT2D eigenvalue weighted by atomic mass is 32.2. The first-order chi connectivity index (χ1) is 22.7. The number of alkyl halides is 2. The van der Waals surface area contributed by atoms with Crippen molar-refractivity contribution in [3.05, 3.63) is 77.9 Å². The van der Waals surface area contributed by atoms with Crippen molar-refractivity contribution in [3.8, 4) is 17.6 Å². The molecule has 1 unspecified atom stereocenters. The van der Waals surface area contributed by atoms with Crippen LogP contribution in [0.1, 0.15) is 50.4 Å². The first-order valence-corrected chi connectivity index (χ1v) is 17.1. The van der Waals surface area contributed by atoms with Crippen LogP contribution in [0.25, 0.3) is 0 Å². The maximum atomic E-state index is 17.7. The van der Waals surface area contributed by atoms with Gasteiger partial charge in [-0.2, -0.15) is 5.26 Å². The van der Waals surface area contributed by atoms with Crippen molar-refractivity contribution >= 4 is 29.5 Å². The molecule has 8 nitrogen and oxygen atoms in total. The quantitative estimate of drug-likeness (QED) is 0.251. The van der Waals surface area contributed by atoms with Gasteiger partial charge in [-0.15, -0.1) is 11.8 Å². The number of ether oxygens (including phenoxy) is 3. The second-order valence-corrected chi connectivity index (χ2v) is 14.5. The Kier molecular flexibility index (Phi) is 8.57. The van der Waals surface area contributed by atoms with Crippen LogP contribution in [0.5, 0.6) is 11.5 Å². The predicted octanol–water partition coefficient (Wildman–Crippen LogP) is 6.73.